The van der Waals surface area contributed by atoms with Crippen molar-refractivity contribution in [2.75, 3.05) is 19.6 Å². The van der Waals surface area contributed by atoms with E-state index in [-0.39, 0.29) is 5.91 Å². The second-order valence-corrected chi connectivity index (χ2v) is 6.61. The van der Waals surface area contributed by atoms with Crippen molar-refractivity contribution in [3.8, 4) is 0 Å². The zero-order valence-electron chi connectivity index (χ0n) is 12.5. The highest BCUT2D eigenvalue weighted by atomic mass is 16.1. The maximum atomic E-state index is 11.9. The molecule has 0 aromatic rings. The molecule has 2 aliphatic rings. The predicted octanol–water partition coefficient (Wildman–Crippen LogP) is 2.85. The lowest BCUT2D eigenvalue weighted by atomic mass is 9.66. The molecule has 2 N–H and O–H groups in total. The highest BCUT2D eigenvalue weighted by Crippen LogP contribution is 2.44. The summed E-state index contributed by atoms with van der Waals surface area (Å²) in [6.07, 6.45) is 10.8. The average molecular weight is 266 g/mol. The molecule has 0 atom stereocenters. The molecule has 3 nitrogen and oxygen atoms in total. The van der Waals surface area contributed by atoms with Crippen LogP contribution in [0.5, 0.6) is 0 Å². The molecular weight excluding hydrogens is 236 g/mol. The molecule has 19 heavy (non-hydrogen) atoms. The van der Waals surface area contributed by atoms with Gasteiger partial charge in [0.25, 0.3) is 0 Å². The van der Waals surface area contributed by atoms with Crippen molar-refractivity contribution in [1.82, 2.24) is 10.6 Å². The van der Waals surface area contributed by atoms with Crippen molar-refractivity contribution in [2.45, 2.75) is 64.7 Å². The lowest BCUT2D eigenvalue weighted by Gasteiger charge is -2.42. The first kappa shape index (κ1) is 14.8. The van der Waals surface area contributed by atoms with Gasteiger partial charge in [0.2, 0.25) is 5.91 Å². The van der Waals surface area contributed by atoms with Gasteiger partial charge in [-0.3, -0.25) is 4.79 Å². The molecule has 1 saturated carbocycles. The second kappa shape index (κ2) is 7.28. The van der Waals surface area contributed by atoms with Gasteiger partial charge in [-0.25, -0.2) is 0 Å². The van der Waals surface area contributed by atoms with Crippen LogP contribution in [0, 0.1) is 11.3 Å². The van der Waals surface area contributed by atoms with Gasteiger partial charge in [-0.05, 0) is 62.9 Å². The standard InChI is InChI=1S/C16H30N2O/c1-2-8-16(9-3-10-16)13-18-15(19)5-4-14-6-11-17-12-7-14/h14,17H,2-13H2,1H3,(H,18,19). The zero-order valence-corrected chi connectivity index (χ0v) is 12.5. The largest absolute Gasteiger partial charge is 0.356 e. The molecule has 0 unspecified atom stereocenters. The van der Waals surface area contributed by atoms with Crippen LogP contribution in [0.3, 0.4) is 0 Å². The van der Waals surface area contributed by atoms with Crippen LogP contribution in [0.1, 0.15) is 64.7 Å². The maximum absolute atomic E-state index is 11.9. The third-order valence-corrected chi connectivity index (χ3v) is 5.09. The summed E-state index contributed by atoms with van der Waals surface area (Å²) in [5.41, 5.74) is 0.458. The van der Waals surface area contributed by atoms with Crippen molar-refractivity contribution >= 4 is 5.91 Å². The van der Waals surface area contributed by atoms with Crippen LogP contribution < -0.4 is 10.6 Å². The van der Waals surface area contributed by atoms with E-state index in [0.717, 1.165) is 38.4 Å². The Balaban J connectivity index is 1.61. The minimum absolute atomic E-state index is 0.279. The van der Waals surface area contributed by atoms with E-state index in [9.17, 15) is 4.79 Å². The molecule has 0 aromatic carbocycles. The van der Waals surface area contributed by atoms with Crippen molar-refractivity contribution in [3.63, 3.8) is 0 Å². The highest BCUT2D eigenvalue weighted by molar-refractivity contribution is 5.75. The Hall–Kier alpha value is -0.570. The van der Waals surface area contributed by atoms with Gasteiger partial charge in [0.1, 0.15) is 0 Å². The van der Waals surface area contributed by atoms with Gasteiger partial charge in [0.15, 0.2) is 0 Å². The summed E-state index contributed by atoms with van der Waals surface area (Å²) >= 11 is 0. The fourth-order valence-electron chi connectivity index (χ4n) is 3.60. The number of piperidine rings is 1. The third-order valence-electron chi connectivity index (χ3n) is 5.09. The molecule has 2 fully saturated rings. The molecule has 0 bridgehead atoms. The summed E-state index contributed by atoms with van der Waals surface area (Å²) in [5, 5.41) is 6.57. The third kappa shape index (κ3) is 4.48. The van der Waals surface area contributed by atoms with E-state index < -0.39 is 0 Å². The van der Waals surface area contributed by atoms with Gasteiger partial charge in [-0.2, -0.15) is 0 Å². The number of rotatable bonds is 7. The van der Waals surface area contributed by atoms with Gasteiger partial charge in [0.05, 0.1) is 0 Å². The fraction of sp³-hybridized carbons (Fsp3) is 0.938. The Morgan fingerprint density at radius 3 is 2.63 bits per heavy atom. The molecule has 1 amide bonds. The molecular formula is C16H30N2O. The quantitative estimate of drug-likeness (QED) is 0.744. The van der Waals surface area contributed by atoms with Gasteiger partial charge >= 0.3 is 0 Å². The number of amides is 1. The molecule has 2 rings (SSSR count). The molecule has 3 heteroatoms. The lowest BCUT2D eigenvalue weighted by Crippen LogP contribution is -2.42. The van der Waals surface area contributed by atoms with Gasteiger partial charge in [-0.15, -0.1) is 0 Å². The van der Waals surface area contributed by atoms with Crippen molar-refractivity contribution < 1.29 is 4.79 Å². The number of hydrogen-bond donors (Lipinski definition) is 2. The van der Waals surface area contributed by atoms with Crippen LogP contribution in [0.2, 0.25) is 0 Å². The topological polar surface area (TPSA) is 41.1 Å². The van der Waals surface area contributed by atoms with E-state index in [2.05, 4.69) is 17.6 Å². The SMILES string of the molecule is CCCC1(CNC(=O)CCC2CCNCC2)CCC1. The Morgan fingerprint density at radius 2 is 2.05 bits per heavy atom. The van der Waals surface area contributed by atoms with Crippen molar-refractivity contribution in [2.24, 2.45) is 11.3 Å². The fourth-order valence-corrected chi connectivity index (χ4v) is 3.60. The van der Waals surface area contributed by atoms with Crippen LogP contribution in [-0.2, 0) is 4.79 Å². The van der Waals surface area contributed by atoms with Crippen LogP contribution in [0.4, 0.5) is 0 Å². The van der Waals surface area contributed by atoms with E-state index in [1.807, 2.05) is 0 Å². The Morgan fingerprint density at radius 1 is 1.32 bits per heavy atom. The Kier molecular flexibility index (Phi) is 5.68. The van der Waals surface area contributed by atoms with Crippen LogP contribution >= 0.6 is 0 Å². The first-order valence-electron chi connectivity index (χ1n) is 8.21. The minimum Gasteiger partial charge on any atom is -0.356 e. The molecule has 1 aliphatic heterocycles. The van der Waals surface area contributed by atoms with Gasteiger partial charge < -0.3 is 10.6 Å². The number of carbonyl (C=O) groups is 1. The van der Waals surface area contributed by atoms with Gasteiger partial charge in [-0.1, -0.05) is 19.8 Å². The predicted molar refractivity (Wildman–Crippen MR) is 79.0 cm³/mol. The Labute approximate surface area is 117 Å². The Bertz CT molecular complexity index is 280. The number of carbonyl (C=O) groups excluding carboxylic acids is 1. The van der Waals surface area contributed by atoms with E-state index in [1.165, 1.54) is 44.9 Å². The summed E-state index contributed by atoms with van der Waals surface area (Å²) in [6, 6.07) is 0. The molecule has 1 heterocycles. The number of hydrogen-bond acceptors (Lipinski definition) is 2. The molecule has 1 aliphatic carbocycles. The van der Waals surface area contributed by atoms with Crippen molar-refractivity contribution in [3.05, 3.63) is 0 Å². The molecule has 1 saturated heterocycles. The summed E-state index contributed by atoms with van der Waals surface area (Å²) < 4.78 is 0. The maximum Gasteiger partial charge on any atom is 0.220 e. The van der Waals surface area contributed by atoms with E-state index in [1.54, 1.807) is 0 Å². The van der Waals surface area contributed by atoms with E-state index in [0.29, 0.717) is 5.41 Å². The van der Waals surface area contributed by atoms with Crippen LogP contribution in [0.15, 0.2) is 0 Å². The van der Waals surface area contributed by atoms with Crippen molar-refractivity contribution in [1.29, 1.82) is 0 Å². The monoisotopic (exact) mass is 266 g/mol. The van der Waals surface area contributed by atoms with Gasteiger partial charge in [0, 0.05) is 13.0 Å². The molecule has 0 aromatic heterocycles. The second-order valence-electron chi connectivity index (χ2n) is 6.61. The molecule has 0 radical (unpaired) electrons. The normalized spacial score (nSPS) is 22.8. The van der Waals surface area contributed by atoms with Crippen LogP contribution in [-0.4, -0.2) is 25.5 Å². The lowest BCUT2D eigenvalue weighted by molar-refractivity contribution is -0.122. The first-order chi connectivity index (χ1) is 9.24. The average Bonchev–Trinajstić information content (AvgIpc) is 2.40. The summed E-state index contributed by atoms with van der Waals surface area (Å²) in [4.78, 5) is 11.9. The summed E-state index contributed by atoms with van der Waals surface area (Å²) in [6.45, 7) is 5.43. The highest BCUT2D eigenvalue weighted by Gasteiger charge is 2.35. The van der Waals surface area contributed by atoms with E-state index in [4.69, 9.17) is 0 Å². The molecule has 0 spiro atoms. The zero-order chi connectivity index (χ0) is 13.6. The smallest absolute Gasteiger partial charge is 0.220 e. The summed E-state index contributed by atoms with van der Waals surface area (Å²) in [7, 11) is 0. The summed E-state index contributed by atoms with van der Waals surface area (Å²) in [5.74, 6) is 1.04. The molecule has 110 valence electrons. The minimum atomic E-state index is 0.279. The first-order valence-corrected chi connectivity index (χ1v) is 8.21. The van der Waals surface area contributed by atoms with Crippen LogP contribution in [0.25, 0.3) is 0 Å². The van der Waals surface area contributed by atoms with E-state index >= 15 is 0 Å². The number of nitrogens with one attached hydrogen (secondary N) is 2.